The van der Waals surface area contributed by atoms with Gasteiger partial charge in [0.05, 0.1) is 16.4 Å². The quantitative estimate of drug-likeness (QED) is 0.181. The van der Waals surface area contributed by atoms with Gasteiger partial charge >= 0.3 is 17.9 Å². The Balaban J connectivity index is 1.64. The van der Waals surface area contributed by atoms with Crippen molar-refractivity contribution in [2.24, 2.45) is 5.92 Å². The summed E-state index contributed by atoms with van der Waals surface area (Å²) in [6.07, 6.45) is 1.94. The Morgan fingerprint density at radius 1 is 1.13 bits per heavy atom. The number of ether oxygens (including phenoxy) is 3. The smallest absolute Gasteiger partial charge is 0.338 e. The monoisotopic (exact) mass is 425 g/mol. The lowest BCUT2D eigenvalue weighted by molar-refractivity contribution is -0.384. The van der Waals surface area contributed by atoms with Crippen molar-refractivity contribution in [3.63, 3.8) is 0 Å². The van der Waals surface area contributed by atoms with Gasteiger partial charge < -0.3 is 14.2 Å². The van der Waals surface area contributed by atoms with Gasteiger partial charge in [-0.05, 0) is 31.2 Å². The van der Waals surface area contributed by atoms with E-state index in [9.17, 15) is 24.5 Å². The normalized spacial score (nSPS) is 29.1. The van der Waals surface area contributed by atoms with Crippen molar-refractivity contribution in [1.82, 2.24) is 0 Å². The van der Waals surface area contributed by atoms with Crippen LogP contribution in [0.4, 0.5) is 5.69 Å². The predicted octanol–water partition coefficient (Wildman–Crippen LogP) is 2.81. The van der Waals surface area contributed by atoms with Gasteiger partial charge in [-0.2, -0.15) is 0 Å². The van der Waals surface area contributed by atoms with Crippen molar-refractivity contribution in [3.05, 3.63) is 75.4 Å². The molecule has 0 N–H and O–H groups in total. The minimum Gasteiger partial charge on any atom is -0.458 e. The first-order valence-electron chi connectivity index (χ1n) is 9.67. The standard InChI is InChI=1S/C22H19NO8/c1-11-7-16-9-14(22(26)29-16)10-18-19(12(2)20(24)30-18)17(8-11)31-21(25)13-3-5-15(6-4-13)23(27)28/h3-6,8-9,16-19H,2,7,10H2,1H3/b11-8+/t16-,17+,18-,19-/m0/s1. The highest BCUT2D eigenvalue weighted by atomic mass is 16.6. The lowest BCUT2D eigenvalue weighted by Crippen LogP contribution is -2.33. The van der Waals surface area contributed by atoms with Crippen molar-refractivity contribution >= 4 is 23.6 Å². The highest BCUT2D eigenvalue weighted by Gasteiger charge is 2.46. The molecule has 0 amide bonds. The molecule has 2 heterocycles. The third kappa shape index (κ3) is 3.98. The van der Waals surface area contributed by atoms with Crippen LogP contribution in [0.1, 0.15) is 30.1 Å². The van der Waals surface area contributed by atoms with Gasteiger partial charge in [-0.3, -0.25) is 10.1 Å². The summed E-state index contributed by atoms with van der Waals surface area (Å²) in [6.45, 7) is 5.62. The van der Waals surface area contributed by atoms with E-state index in [2.05, 4.69) is 6.58 Å². The predicted molar refractivity (Wildman–Crippen MR) is 106 cm³/mol. The van der Waals surface area contributed by atoms with Gasteiger partial charge in [0.2, 0.25) is 0 Å². The molecule has 3 aliphatic rings. The Bertz CT molecular complexity index is 1050. The van der Waals surface area contributed by atoms with E-state index in [1.807, 2.05) is 6.92 Å². The van der Waals surface area contributed by atoms with Crippen LogP contribution in [0.15, 0.2) is 59.7 Å². The Morgan fingerprint density at radius 2 is 1.84 bits per heavy atom. The van der Waals surface area contributed by atoms with Gasteiger partial charge in [0.25, 0.3) is 5.69 Å². The van der Waals surface area contributed by atoms with Crippen LogP contribution in [0.2, 0.25) is 0 Å². The fourth-order valence-electron chi connectivity index (χ4n) is 4.02. The highest BCUT2D eigenvalue weighted by molar-refractivity contribution is 5.94. The summed E-state index contributed by atoms with van der Waals surface area (Å²) in [4.78, 5) is 47.4. The molecule has 4 rings (SSSR count). The molecule has 160 valence electrons. The zero-order valence-electron chi connectivity index (χ0n) is 16.6. The van der Waals surface area contributed by atoms with Crippen LogP contribution in [-0.2, 0) is 23.8 Å². The largest absolute Gasteiger partial charge is 0.458 e. The van der Waals surface area contributed by atoms with Crippen LogP contribution >= 0.6 is 0 Å². The second kappa shape index (κ2) is 7.82. The maximum atomic E-state index is 12.8. The first-order valence-corrected chi connectivity index (χ1v) is 9.67. The van der Waals surface area contributed by atoms with Gasteiger partial charge in [-0.1, -0.05) is 12.2 Å². The van der Waals surface area contributed by atoms with Gasteiger partial charge in [-0.25, -0.2) is 14.4 Å². The summed E-state index contributed by atoms with van der Waals surface area (Å²) >= 11 is 0. The molecule has 1 aliphatic carbocycles. The fraction of sp³-hybridized carbons (Fsp3) is 0.318. The Kier molecular flexibility index (Phi) is 5.18. The molecule has 2 bridgehead atoms. The van der Waals surface area contributed by atoms with Crippen molar-refractivity contribution in [1.29, 1.82) is 0 Å². The van der Waals surface area contributed by atoms with E-state index >= 15 is 0 Å². The van der Waals surface area contributed by atoms with Crippen LogP contribution < -0.4 is 0 Å². The first kappa shape index (κ1) is 20.5. The molecule has 1 fully saturated rings. The molecule has 9 heteroatoms. The number of nitrogens with zero attached hydrogens (tertiary/aromatic N) is 1. The summed E-state index contributed by atoms with van der Waals surface area (Å²) in [5.74, 6) is -2.46. The number of hydrogen-bond donors (Lipinski definition) is 0. The number of nitro benzene ring substituents is 1. The second-order valence-electron chi connectivity index (χ2n) is 7.73. The first-order chi connectivity index (χ1) is 14.7. The van der Waals surface area contributed by atoms with E-state index in [0.29, 0.717) is 12.0 Å². The van der Waals surface area contributed by atoms with Gasteiger partial charge in [0, 0.05) is 36.1 Å². The molecular weight excluding hydrogens is 406 g/mol. The molecule has 0 aromatic heterocycles. The summed E-state index contributed by atoms with van der Waals surface area (Å²) in [5.41, 5.74) is 1.34. The number of fused-ring (bicyclic) bond motifs is 2. The van der Waals surface area contributed by atoms with Crippen molar-refractivity contribution in [2.45, 2.75) is 38.1 Å². The SMILES string of the molecule is C=C1C(=O)O[C@H]2CC3=C[C@H](C/C(C)=C/[C@@H](OC(=O)c4ccc([N+](=O)[O-])cc4)[C@H]12)OC3=O. The van der Waals surface area contributed by atoms with E-state index in [0.717, 1.165) is 5.57 Å². The van der Waals surface area contributed by atoms with E-state index in [1.165, 1.54) is 24.3 Å². The Hall–Kier alpha value is -3.75. The highest BCUT2D eigenvalue weighted by Crippen LogP contribution is 2.38. The minimum atomic E-state index is -0.875. The number of esters is 3. The molecule has 4 atom stereocenters. The third-order valence-corrected chi connectivity index (χ3v) is 5.54. The summed E-state index contributed by atoms with van der Waals surface area (Å²) < 4.78 is 16.5. The fourth-order valence-corrected chi connectivity index (χ4v) is 4.02. The molecule has 1 saturated heterocycles. The number of nitro groups is 1. The zero-order valence-corrected chi connectivity index (χ0v) is 16.6. The molecule has 0 spiro atoms. The Labute approximate surface area is 177 Å². The van der Waals surface area contributed by atoms with Crippen LogP contribution in [0.3, 0.4) is 0 Å². The third-order valence-electron chi connectivity index (χ3n) is 5.54. The molecular formula is C22H19NO8. The Morgan fingerprint density at radius 3 is 2.52 bits per heavy atom. The average Bonchev–Trinajstić information content (AvgIpc) is 3.19. The molecule has 9 nitrogen and oxygen atoms in total. The number of hydrogen-bond acceptors (Lipinski definition) is 8. The van der Waals surface area contributed by atoms with Crippen LogP contribution in [0.5, 0.6) is 0 Å². The lowest BCUT2D eigenvalue weighted by Gasteiger charge is -2.26. The van der Waals surface area contributed by atoms with E-state index in [4.69, 9.17) is 14.2 Å². The van der Waals surface area contributed by atoms with Gasteiger partial charge in [0.15, 0.2) is 0 Å². The second-order valence-corrected chi connectivity index (χ2v) is 7.73. The van der Waals surface area contributed by atoms with E-state index in [1.54, 1.807) is 12.2 Å². The number of non-ortho nitro benzene ring substituents is 1. The molecule has 2 aliphatic heterocycles. The number of carbonyl (C=O) groups excluding carboxylic acids is 3. The average molecular weight is 425 g/mol. The van der Waals surface area contributed by atoms with Crippen LogP contribution in [0, 0.1) is 16.0 Å². The molecule has 31 heavy (non-hydrogen) atoms. The van der Waals surface area contributed by atoms with Crippen LogP contribution in [-0.4, -0.2) is 41.1 Å². The molecule has 1 aromatic carbocycles. The topological polar surface area (TPSA) is 122 Å². The van der Waals surface area contributed by atoms with Crippen molar-refractivity contribution in [3.8, 4) is 0 Å². The number of rotatable bonds is 3. The van der Waals surface area contributed by atoms with Crippen LogP contribution in [0.25, 0.3) is 0 Å². The summed E-state index contributed by atoms with van der Waals surface area (Å²) in [7, 11) is 0. The molecule has 1 aromatic rings. The maximum Gasteiger partial charge on any atom is 0.338 e. The minimum absolute atomic E-state index is 0.127. The zero-order chi connectivity index (χ0) is 22.3. The molecule has 0 saturated carbocycles. The lowest BCUT2D eigenvalue weighted by atomic mass is 9.85. The number of benzene rings is 1. The van der Waals surface area contributed by atoms with Crippen molar-refractivity contribution < 1.29 is 33.5 Å². The van der Waals surface area contributed by atoms with E-state index in [-0.39, 0.29) is 23.2 Å². The molecule has 0 radical (unpaired) electrons. The summed E-state index contributed by atoms with van der Waals surface area (Å²) in [6, 6.07) is 5.03. The summed E-state index contributed by atoms with van der Waals surface area (Å²) in [5, 5.41) is 10.8. The van der Waals surface area contributed by atoms with E-state index < -0.39 is 47.1 Å². The number of carbonyl (C=O) groups is 3. The maximum absolute atomic E-state index is 12.8. The van der Waals surface area contributed by atoms with Gasteiger partial charge in [-0.15, -0.1) is 0 Å². The molecule has 0 unspecified atom stereocenters. The van der Waals surface area contributed by atoms with Crippen molar-refractivity contribution in [2.75, 3.05) is 0 Å². The van der Waals surface area contributed by atoms with Gasteiger partial charge in [0.1, 0.15) is 18.3 Å².